The van der Waals surface area contributed by atoms with Crippen LogP contribution < -0.4 is 4.74 Å². The highest BCUT2D eigenvalue weighted by atomic mass is 32.1. The second-order valence-corrected chi connectivity index (χ2v) is 5.73. The Morgan fingerprint density at radius 2 is 1.14 bits per heavy atom. The minimum Gasteiger partial charge on any atom is -0.496 e. The molecule has 3 rings (SSSR count). The van der Waals surface area contributed by atoms with E-state index < -0.39 is 4.75 Å². The van der Waals surface area contributed by atoms with Gasteiger partial charge in [-0.1, -0.05) is 91.5 Å². The van der Waals surface area contributed by atoms with Crippen LogP contribution in [-0.2, 0) is 4.75 Å². The molecule has 0 aliphatic carbocycles. The molecule has 1 nitrogen and oxygen atoms in total. The summed E-state index contributed by atoms with van der Waals surface area (Å²) in [6.07, 6.45) is 0. The number of para-hydroxylation sites is 1. The lowest BCUT2D eigenvalue weighted by Gasteiger charge is -2.31. The molecule has 109 valence electrons. The zero-order valence-corrected chi connectivity index (χ0v) is 13.2. The fraction of sp³-hybridized carbons (Fsp3) is 0.100. The van der Waals surface area contributed by atoms with E-state index in [2.05, 4.69) is 24.3 Å². The van der Waals surface area contributed by atoms with Gasteiger partial charge in [-0.2, -0.15) is 0 Å². The third-order valence-electron chi connectivity index (χ3n) is 3.85. The maximum atomic E-state index is 6.18. The maximum absolute atomic E-state index is 6.18. The van der Waals surface area contributed by atoms with Gasteiger partial charge in [-0.3, -0.25) is 0 Å². The van der Waals surface area contributed by atoms with Gasteiger partial charge in [0.05, 0.1) is 7.11 Å². The van der Waals surface area contributed by atoms with Crippen LogP contribution in [0.15, 0.2) is 84.9 Å². The van der Waals surface area contributed by atoms with E-state index in [1.807, 2.05) is 60.7 Å². The number of methoxy groups -OCH3 is 1. The Hall–Kier alpha value is -2.19. The first-order valence-electron chi connectivity index (χ1n) is 7.22. The van der Waals surface area contributed by atoms with Crippen molar-refractivity contribution in [1.29, 1.82) is 0 Å². The standard InChI is InChI=1S/C20H17OS/c1-21-19-15-9-8-14-18(19)20(22,16-10-4-2-5-11-16)17-12-6-3-7-13-17/h2-15H,1H3. The zero-order valence-electron chi connectivity index (χ0n) is 12.4. The highest BCUT2D eigenvalue weighted by molar-refractivity contribution is 7.81. The Balaban J connectivity index is 2.29. The first-order valence-corrected chi connectivity index (χ1v) is 7.62. The average Bonchev–Trinajstić information content (AvgIpc) is 2.62. The Bertz CT molecular complexity index is 698. The van der Waals surface area contributed by atoms with E-state index in [0.29, 0.717) is 0 Å². The molecule has 0 N–H and O–H groups in total. The van der Waals surface area contributed by atoms with Crippen LogP contribution in [0.5, 0.6) is 5.75 Å². The molecule has 0 aliphatic rings. The molecule has 0 atom stereocenters. The Morgan fingerprint density at radius 3 is 1.64 bits per heavy atom. The quantitative estimate of drug-likeness (QED) is 0.603. The van der Waals surface area contributed by atoms with Gasteiger partial charge in [-0.25, -0.2) is 0 Å². The monoisotopic (exact) mass is 305 g/mol. The molecule has 0 fully saturated rings. The van der Waals surface area contributed by atoms with Gasteiger partial charge in [0.25, 0.3) is 0 Å². The predicted octanol–water partition coefficient (Wildman–Crippen LogP) is 5.18. The highest BCUT2D eigenvalue weighted by Crippen LogP contribution is 2.45. The molecule has 22 heavy (non-hydrogen) atoms. The highest BCUT2D eigenvalue weighted by Gasteiger charge is 2.35. The fourth-order valence-corrected chi connectivity index (χ4v) is 3.20. The first kappa shape index (κ1) is 14.7. The smallest absolute Gasteiger partial charge is 0.124 e. The summed E-state index contributed by atoms with van der Waals surface area (Å²) >= 11 is 6.18. The van der Waals surface area contributed by atoms with E-state index >= 15 is 0 Å². The fourth-order valence-electron chi connectivity index (χ4n) is 2.76. The Morgan fingerprint density at radius 1 is 0.682 bits per heavy atom. The first-order chi connectivity index (χ1) is 10.8. The van der Waals surface area contributed by atoms with Crippen molar-refractivity contribution in [2.45, 2.75) is 4.75 Å². The normalized spacial score (nSPS) is 11.2. The van der Waals surface area contributed by atoms with Crippen molar-refractivity contribution in [1.82, 2.24) is 0 Å². The molecule has 3 aromatic carbocycles. The molecule has 0 aliphatic heterocycles. The molecule has 1 radical (unpaired) electrons. The lowest BCUT2D eigenvalue weighted by molar-refractivity contribution is 0.408. The minimum absolute atomic E-state index is 0.672. The van der Waals surface area contributed by atoms with Crippen molar-refractivity contribution in [3.05, 3.63) is 102 Å². The van der Waals surface area contributed by atoms with E-state index in [4.69, 9.17) is 17.4 Å². The van der Waals surface area contributed by atoms with Gasteiger partial charge in [-0.05, 0) is 17.2 Å². The Labute approximate surface area is 137 Å². The van der Waals surface area contributed by atoms with Crippen LogP contribution in [0.3, 0.4) is 0 Å². The summed E-state index contributed by atoms with van der Waals surface area (Å²) in [5.41, 5.74) is 3.13. The van der Waals surface area contributed by atoms with Gasteiger partial charge in [0.2, 0.25) is 0 Å². The average molecular weight is 305 g/mol. The zero-order chi connectivity index (χ0) is 15.4. The molecule has 0 unspecified atom stereocenters. The minimum atomic E-state index is -0.672. The van der Waals surface area contributed by atoms with E-state index in [9.17, 15) is 0 Å². The van der Waals surface area contributed by atoms with E-state index in [0.717, 1.165) is 22.4 Å². The van der Waals surface area contributed by atoms with Crippen molar-refractivity contribution >= 4 is 12.6 Å². The molecular formula is C20H17OS. The third kappa shape index (κ3) is 2.51. The van der Waals surface area contributed by atoms with Crippen LogP contribution >= 0.6 is 12.6 Å². The summed E-state index contributed by atoms with van der Waals surface area (Å²) in [5, 5.41) is 0. The van der Waals surface area contributed by atoms with Crippen LogP contribution in [0.2, 0.25) is 0 Å². The van der Waals surface area contributed by atoms with Gasteiger partial charge < -0.3 is 4.74 Å². The molecule has 3 aromatic rings. The number of benzene rings is 3. The Kier molecular flexibility index (Phi) is 4.21. The number of hydrogen-bond donors (Lipinski definition) is 0. The summed E-state index contributed by atoms with van der Waals surface area (Å²) in [6, 6.07) is 28.4. The third-order valence-corrected chi connectivity index (χ3v) is 4.54. The molecule has 0 saturated carbocycles. The van der Waals surface area contributed by atoms with Gasteiger partial charge in [0.1, 0.15) is 10.5 Å². The van der Waals surface area contributed by atoms with Crippen molar-refractivity contribution in [2.24, 2.45) is 0 Å². The maximum Gasteiger partial charge on any atom is 0.124 e. The molecule has 0 amide bonds. The van der Waals surface area contributed by atoms with Crippen LogP contribution in [0.4, 0.5) is 0 Å². The topological polar surface area (TPSA) is 9.23 Å². The van der Waals surface area contributed by atoms with E-state index in [1.165, 1.54) is 0 Å². The SMILES string of the molecule is COc1ccccc1C([S])(c1ccccc1)c1ccccc1. The molecule has 0 saturated heterocycles. The molecule has 0 bridgehead atoms. The van der Waals surface area contributed by atoms with Gasteiger partial charge in [-0.15, -0.1) is 0 Å². The van der Waals surface area contributed by atoms with Crippen molar-refractivity contribution in [3.63, 3.8) is 0 Å². The summed E-state index contributed by atoms with van der Waals surface area (Å²) in [4.78, 5) is 0. The van der Waals surface area contributed by atoms with Crippen molar-refractivity contribution in [3.8, 4) is 5.75 Å². The van der Waals surface area contributed by atoms with Crippen LogP contribution in [0, 0.1) is 0 Å². The summed E-state index contributed by atoms with van der Waals surface area (Å²) in [6.45, 7) is 0. The second-order valence-electron chi connectivity index (χ2n) is 5.11. The summed E-state index contributed by atoms with van der Waals surface area (Å²) in [5.74, 6) is 0.810. The lowest BCUT2D eigenvalue weighted by atomic mass is 9.83. The van der Waals surface area contributed by atoms with Crippen LogP contribution in [0.25, 0.3) is 0 Å². The molecule has 0 spiro atoms. The predicted molar refractivity (Wildman–Crippen MR) is 93.4 cm³/mol. The van der Waals surface area contributed by atoms with Gasteiger partial charge >= 0.3 is 0 Å². The second kappa shape index (κ2) is 6.29. The van der Waals surface area contributed by atoms with E-state index in [1.54, 1.807) is 7.11 Å². The van der Waals surface area contributed by atoms with Crippen molar-refractivity contribution < 1.29 is 4.74 Å². The number of hydrogen-bond acceptors (Lipinski definition) is 1. The van der Waals surface area contributed by atoms with Crippen LogP contribution in [-0.4, -0.2) is 7.11 Å². The summed E-state index contributed by atoms with van der Waals surface area (Å²) in [7, 11) is 1.69. The lowest BCUT2D eigenvalue weighted by Crippen LogP contribution is -2.23. The van der Waals surface area contributed by atoms with E-state index in [-0.39, 0.29) is 0 Å². The van der Waals surface area contributed by atoms with Crippen molar-refractivity contribution in [2.75, 3.05) is 7.11 Å². The van der Waals surface area contributed by atoms with Crippen LogP contribution in [0.1, 0.15) is 16.7 Å². The largest absolute Gasteiger partial charge is 0.496 e. The number of rotatable bonds is 4. The molecule has 0 aromatic heterocycles. The number of ether oxygens (including phenoxy) is 1. The molecule has 2 heteroatoms. The molecule has 0 heterocycles. The van der Waals surface area contributed by atoms with Gasteiger partial charge in [0.15, 0.2) is 0 Å². The molecular weight excluding hydrogens is 288 g/mol. The van der Waals surface area contributed by atoms with Gasteiger partial charge in [0, 0.05) is 5.56 Å². The summed E-state index contributed by atoms with van der Waals surface area (Å²) < 4.78 is 4.90.